The zero-order valence-corrected chi connectivity index (χ0v) is 18.1. The summed E-state index contributed by atoms with van der Waals surface area (Å²) < 4.78 is 0. The molecule has 1 saturated heterocycles. The van der Waals surface area contributed by atoms with E-state index in [1.54, 1.807) is 24.3 Å². The minimum absolute atomic E-state index is 0.0248. The van der Waals surface area contributed by atoms with E-state index < -0.39 is 11.9 Å². The average Bonchev–Trinajstić information content (AvgIpc) is 3.05. The normalized spacial score (nSPS) is 18.2. The van der Waals surface area contributed by atoms with Crippen LogP contribution in [0.3, 0.4) is 0 Å². The maximum Gasteiger partial charge on any atom is 0.255 e. The molecule has 1 fully saturated rings. The highest BCUT2D eigenvalue weighted by atomic mass is 35.5. The summed E-state index contributed by atoms with van der Waals surface area (Å²) in [5.74, 6) is -0.922. The molecule has 2 aromatic rings. The van der Waals surface area contributed by atoms with Crippen LogP contribution in [0, 0.1) is 0 Å². The number of amides is 3. The van der Waals surface area contributed by atoms with E-state index in [9.17, 15) is 19.2 Å². The molecule has 1 N–H and O–H groups in total. The molecule has 31 heavy (non-hydrogen) atoms. The Morgan fingerprint density at radius 3 is 2.55 bits per heavy atom. The molecule has 1 atom stereocenters. The standard InChI is InChI=1S/C23H20Cl2N2O4/c24-18-2-1-3-19(25)17(18)11-15(28)6-4-13-5-7-16-14(10-13)12-27(23(16)31)20-8-9-21(29)26-22(20)30/h1-3,5,7,10,20H,4,6,8-9,11-12H2,(H,26,29,30). The Labute approximate surface area is 189 Å². The highest BCUT2D eigenvalue weighted by Gasteiger charge is 2.39. The van der Waals surface area contributed by atoms with Crippen molar-refractivity contribution in [3.8, 4) is 0 Å². The van der Waals surface area contributed by atoms with Crippen molar-refractivity contribution in [3.05, 3.63) is 68.7 Å². The Hall–Kier alpha value is -2.70. The van der Waals surface area contributed by atoms with Crippen molar-refractivity contribution in [1.29, 1.82) is 0 Å². The number of hydrogen-bond acceptors (Lipinski definition) is 4. The number of hydrogen-bond donors (Lipinski definition) is 1. The van der Waals surface area contributed by atoms with Gasteiger partial charge >= 0.3 is 0 Å². The molecule has 0 aliphatic carbocycles. The molecule has 0 saturated carbocycles. The van der Waals surface area contributed by atoms with Crippen molar-refractivity contribution in [2.75, 3.05) is 0 Å². The number of nitrogens with zero attached hydrogens (tertiary/aromatic N) is 1. The van der Waals surface area contributed by atoms with Crippen LogP contribution in [-0.4, -0.2) is 34.4 Å². The van der Waals surface area contributed by atoms with Gasteiger partial charge in [-0.15, -0.1) is 0 Å². The molecule has 0 radical (unpaired) electrons. The minimum Gasteiger partial charge on any atom is -0.322 e. The second-order valence-corrected chi connectivity index (χ2v) is 8.62. The van der Waals surface area contributed by atoms with E-state index >= 15 is 0 Å². The largest absolute Gasteiger partial charge is 0.322 e. The molecule has 2 heterocycles. The van der Waals surface area contributed by atoms with Gasteiger partial charge in [0.25, 0.3) is 5.91 Å². The number of halogens is 2. The van der Waals surface area contributed by atoms with E-state index in [4.69, 9.17) is 23.2 Å². The lowest BCUT2D eigenvalue weighted by atomic mass is 9.99. The number of fused-ring (bicyclic) bond motifs is 1. The quantitative estimate of drug-likeness (QED) is 0.671. The first-order valence-corrected chi connectivity index (χ1v) is 10.8. The van der Waals surface area contributed by atoms with Crippen LogP contribution >= 0.6 is 23.2 Å². The number of piperidine rings is 1. The fraction of sp³-hybridized carbons (Fsp3) is 0.304. The molecule has 0 spiro atoms. The highest BCUT2D eigenvalue weighted by molar-refractivity contribution is 6.36. The molecule has 0 aromatic heterocycles. The third-order valence-corrected chi connectivity index (χ3v) is 6.42. The number of nitrogens with one attached hydrogen (secondary N) is 1. The molecule has 8 heteroatoms. The fourth-order valence-electron chi connectivity index (χ4n) is 4.05. The van der Waals surface area contributed by atoms with Crippen molar-refractivity contribution < 1.29 is 19.2 Å². The molecule has 2 aliphatic rings. The molecule has 2 aliphatic heterocycles. The van der Waals surface area contributed by atoms with Crippen LogP contribution in [0.2, 0.25) is 10.0 Å². The number of imide groups is 1. The van der Waals surface area contributed by atoms with Gasteiger partial charge in [0.05, 0.1) is 0 Å². The van der Waals surface area contributed by atoms with Gasteiger partial charge in [-0.1, -0.05) is 41.4 Å². The van der Waals surface area contributed by atoms with Gasteiger partial charge in [0.2, 0.25) is 11.8 Å². The van der Waals surface area contributed by atoms with Gasteiger partial charge < -0.3 is 4.90 Å². The Morgan fingerprint density at radius 1 is 1.10 bits per heavy atom. The average molecular weight is 459 g/mol. The lowest BCUT2D eigenvalue weighted by molar-refractivity contribution is -0.137. The Kier molecular flexibility index (Phi) is 6.12. The molecule has 160 valence electrons. The lowest BCUT2D eigenvalue weighted by Crippen LogP contribution is -2.52. The minimum atomic E-state index is -0.636. The maximum absolute atomic E-state index is 12.7. The molecule has 2 aromatic carbocycles. The summed E-state index contributed by atoms with van der Waals surface area (Å²) in [5.41, 5.74) is 2.96. The Morgan fingerprint density at radius 2 is 1.84 bits per heavy atom. The van der Waals surface area contributed by atoms with Gasteiger partial charge in [-0.05, 0) is 47.7 Å². The molecular weight excluding hydrogens is 439 g/mol. The zero-order chi connectivity index (χ0) is 22.1. The molecule has 1 unspecified atom stereocenters. The first kappa shape index (κ1) is 21.5. The van der Waals surface area contributed by atoms with Crippen molar-refractivity contribution in [3.63, 3.8) is 0 Å². The van der Waals surface area contributed by atoms with Crippen molar-refractivity contribution in [2.24, 2.45) is 0 Å². The van der Waals surface area contributed by atoms with E-state index in [2.05, 4.69) is 5.32 Å². The first-order valence-electron chi connectivity index (χ1n) is 10.0. The lowest BCUT2D eigenvalue weighted by Gasteiger charge is -2.29. The number of ketones is 1. The summed E-state index contributed by atoms with van der Waals surface area (Å²) in [7, 11) is 0. The number of aryl methyl sites for hydroxylation is 1. The van der Waals surface area contributed by atoms with Crippen LogP contribution in [0.15, 0.2) is 36.4 Å². The number of Topliss-reactive ketones (excluding diaryl/α,β-unsaturated/α-hetero) is 1. The van der Waals surface area contributed by atoms with Crippen LogP contribution in [0.5, 0.6) is 0 Å². The van der Waals surface area contributed by atoms with Crippen molar-refractivity contribution >= 4 is 46.7 Å². The van der Waals surface area contributed by atoms with Crippen molar-refractivity contribution in [1.82, 2.24) is 10.2 Å². The summed E-state index contributed by atoms with van der Waals surface area (Å²) in [4.78, 5) is 50.2. The van der Waals surface area contributed by atoms with Gasteiger partial charge in [-0.2, -0.15) is 0 Å². The summed E-state index contributed by atoms with van der Waals surface area (Å²) in [5, 5.41) is 3.25. The number of carbonyl (C=O) groups is 4. The predicted molar refractivity (Wildman–Crippen MR) is 116 cm³/mol. The second kappa shape index (κ2) is 8.81. The second-order valence-electron chi connectivity index (χ2n) is 7.81. The molecule has 4 rings (SSSR count). The summed E-state index contributed by atoms with van der Waals surface area (Å²) >= 11 is 12.3. The molecule has 0 bridgehead atoms. The molecular formula is C23H20Cl2N2O4. The van der Waals surface area contributed by atoms with E-state index in [-0.39, 0.29) is 30.4 Å². The third kappa shape index (κ3) is 4.50. The van der Waals surface area contributed by atoms with Gasteiger partial charge in [-0.25, -0.2) is 0 Å². The Bertz CT molecular complexity index is 1080. The van der Waals surface area contributed by atoms with Crippen LogP contribution in [0.4, 0.5) is 0 Å². The van der Waals surface area contributed by atoms with Crippen LogP contribution in [0.1, 0.15) is 46.3 Å². The van der Waals surface area contributed by atoms with Gasteiger partial charge in [0, 0.05) is 41.4 Å². The van der Waals surface area contributed by atoms with E-state index in [0.29, 0.717) is 47.0 Å². The van der Waals surface area contributed by atoms with Crippen LogP contribution < -0.4 is 5.32 Å². The monoisotopic (exact) mass is 458 g/mol. The summed E-state index contributed by atoms with van der Waals surface area (Å²) in [6.07, 6.45) is 1.58. The van der Waals surface area contributed by atoms with E-state index in [1.807, 2.05) is 12.1 Å². The van der Waals surface area contributed by atoms with Gasteiger partial charge in [-0.3, -0.25) is 24.5 Å². The maximum atomic E-state index is 12.7. The number of benzene rings is 2. The number of rotatable bonds is 6. The van der Waals surface area contributed by atoms with Crippen molar-refractivity contribution in [2.45, 2.75) is 44.7 Å². The molecule has 6 nitrogen and oxygen atoms in total. The molecule has 3 amide bonds. The summed E-state index contributed by atoms with van der Waals surface area (Å²) in [6.45, 7) is 0.317. The van der Waals surface area contributed by atoms with Crippen LogP contribution in [0.25, 0.3) is 0 Å². The fourth-order valence-corrected chi connectivity index (χ4v) is 4.58. The first-order chi connectivity index (χ1) is 14.8. The zero-order valence-electron chi connectivity index (χ0n) is 16.6. The predicted octanol–water partition coefficient (Wildman–Crippen LogP) is 3.50. The van der Waals surface area contributed by atoms with Crippen LogP contribution in [-0.2, 0) is 33.8 Å². The summed E-state index contributed by atoms with van der Waals surface area (Å²) in [6, 6.07) is 10.0. The van der Waals surface area contributed by atoms with E-state index in [0.717, 1.165) is 11.1 Å². The highest BCUT2D eigenvalue weighted by Crippen LogP contribution is 2.29. The van der Waals surface area contributed by atoms with Gasteiger partial charge in [0.15, 0.2) is 0 Å². The smallest absolute Gasteiger partial charge is 0.255 e. The third-order valence-electron chi connectivity index (χ3n) is 5.72. The van der Waals surface area contributed by atoms with E-state index in [1.165, 1.54) is 4.90 Å². The Balaban J connectivity index is 1.40. The van der Waals surface area contributed by atoms with Gasteiger partial charge in [0.1, 0.15) is 11.8 Å². The topological polar surface area (TPSA) is 83.6 Å². The SMILES string of the molecule is O=C(CCc1ccc2c(c1)CN(C1CCC(=O)NC1=O)C2=O)Cc1c(Cl)cccc1Cl. The number of carbonyl (C=O) groups excluding carboxylic acids is 4.